The molecule has 10 nitrogen and oxygen atoms in total. The number of aromatic nitrogens is 5. The van der Waals surface area contributed by atoms with E-state index in [9.17, 15) is 0 Å². The molecule has 0 spiro atoms. The van der Waals surface area contributed by atoms with Gasteiger partial charge in [0.1, 0.15) is 11.6 Å². The van der Waals surface area contributed by atoms with Crippen molar-refractivity contribution in [1.29, 1.82) is 0 Å². The van der Waals surface area contributed by atoms with Crippen LogP contribution in [0.4, 0.5) is 23.4 Å². The minimum Gasteiger partial charge on any atom is -0.382 e. The lowest BCUT2D eigenvalue weighted by atomic mass is 9.86. The number of rotatable bonds is 6. The molecule has 10 heteroatoms. The van der Waals surface area contributed by atoms with E-state index in [0.29, 0.717) is 35.5 Å². The standard InChI is InChI=1S/C23H33N9O/c1-33-17-7-10-31(11-8-17)23-26-9-6-20(29-23)28-21-12-19-18(13-27-21)22(25)30-32(19)14-15-2-4-16(24)5-3-15/h6,9,12-13,15-17H,2-5,7-8,10-11,14,24H2,1H3,(H2,25,30)(H,26,27,28,29). The SMILES string of the molecule is COC1CCN(c2nccc(Nc3cc4c(cn3)c(N)nn4CC3CCC(N)CC3)n2)CC1. The van der Waals surface area contributed by atoms with E-state index < -0.39 is 0 Å². The number of nitrogens with two attached hydrogens (primary N) is 2. The molecular weight excluding hydrogens is 418 g/mol. The third-order valence-corrected chi connectivity index (χ3v) is 6.94. The molecule has 5 N–H and O–H groups in total. The number of hydrogen-bond acceptors (Lipinski definition) is 9. The summed E-state index contributed by atoms with van der Waals surface area (Å²) in [6, 6.07) is 4.19. The monoisotopic (exact) mass is 451 g/mol. The van der Waals surface area contributed by atoms with Gasteiger partial charge in [-0.05, 0) is 50.5 Å². The first kappa shape index (κ1) is 21.8. The third kappa shape index (κ3) is 4.86. The fourth-order valence-electron chi connectivity index (χ4n) is 4.91. The fraction of sp³-hybridized carbons (Fsp3) is 0.565. The number of piperidine rings is 1. The fourth-order valence-corrected chi connectivity index (χ4v) is 4.91. The van der Waals surface area contributed by atoms with Gasteiger partial charge < -0.3 is 26.4 Å². The summed E-state index contributed by atoms with van der Waals surface area (Å²) in [5.41, 5.74) is 13.2. The van der Waals surface area contributed by atoms with E-state index in [2.05, 4.69) is 25.3 Å². The smallest absolute Gasteiger partial charge is 0.227 e. The first-order valence-corrected chi connectivity index (χ1v) is 11.8. The van der Waals surface area contributed by atoms with Crippen molar-refractivity contribution in [2.24, 2.45) is 11.7 Å². The number of nitrogens with one attached hydrogen (secondary N) is 1. The topological polar surface area (TPSA) is 133 Å². The molecule has 5 rings (SSSR count). The van der Waals surface area contributed by atoms with Gasteiger partial charge in [-0.3, -0.25) is 4.68 Å². The van der Waals surface area contributed by atoms with Crippen LogP contribution in [0.25, 0.3) is 10.9 Å². The molecule has 4 heterocycles. The van der Waals surface area contributed by atoms with Gasteiger partial charge in [0, 0.05) is 51.2 Å². The number of ether oxygens (including phenoxy) is 1. The third-order valence-electron chi connectivity index (χ3n) is 6.94. The van der Waals surface area contributed by atoms with E-state index in [4.69, 9.17) is 21.2 Å². The minimum atomic E-state index is 0.320. The summed E-state index contributed by atoms with van der Waals surface area (Å²) < 4.78 is 7.49. The molecule has 1 aliphatic heterocycles. The zero-order chi connectivity index (χ0) is 22.8. The van der Waals surface area contributed by atoms with Crippen LogP contribution in [0.3, 0.4) is 0 Å². The highest BCUT2D eigenvalue weighted by atomic mass is 16.5. The van der Waals surface area contributed by atoms with Crippen molar-refractivity contribution in [2.75, 3.05) is 36.1 Å². The second-order valence-corrected chi connectivity index (χ2v) is 9.22. The Balaban J connectivity index is 1.32. The Bertz CT molecular complexity index is 1080. The van der Waals surface area contributed by atoms with Crippen molar-refractivity contribution in [1.82, 2.24) is 24.7 Å². The summed E-state index contributed by atoms with van der Waals surface area (Å²) in [6.07, 6.45) is 10.3. The molecule has 3 aromatic rings. The van der Waals surface area contributed by atoms with Crippen LogP contribution in [-0.4, -0.2) is 57.1 Å². The van der Waals surface area contributed by atoms with Crippen molar-refractivity contribution < 1.29 is 4.74 Å². The van der Waals surface area contributed by atoms with E-state index in [1.165, 1.54) is 0 Å². The zero-order valence-corrected chi connectivity index (χ0v) is 19.2. The van der Waals surface area contributed by atoms with Gasteiger partial charge in [0.25, 0.3) is 0 Å². The number of fused-ring (bicyclic) bond motifs is 1. The summed E-state index contributed by atoms with van der Waals surface area (Å²) in [6.45, 7) is 2.62. The van der Waals surface area contributed by atoms with Crippen LogP contribution in [0.2, 0.25) is 0 Å². The zero-order valence-electron chi connectivity index (χ0n) is 19.2. The Labute approximate surface area is 193 Å². The highest BCUT2D eigenvalue weighted by molar-refractivity contribution is 5.90. The Kier molecular flexibility index (Phi) is 6.28. The molecule has 33 heavy (non-hydrogen) atoms. The summed E-state index contributed by atoms with van der Waals surface area (Å²) in [4.78, 5) is 15.9. The van der Waals surface area contributed by atoms with Gasteiger partial charge in [-0.1, -0.05) is 0 Å². The molecule has 1 aliphatic carbocycles. The highest BCUT2D eigenvalue weighted by Gasteiger charge is 2.22. The molecule has 2 fully saturated rings. The van der Waals surface area contributed by atoms with Gasteiger partial charge in [0.15, 0.2) is 5.82 Å². The number of nitrogens with zero attached hydrogens (tertiary/aromatic N) is 6. The molecule has 0 aromatic carbocycles. The lowest BCUT2D eigenvalue weighted by Crippen LogP contribution is -2.37. The van der Waals surface area contributed by atoms with Crippen molar-refractivity contribution in [3.63, 3.8) is 0 Å². The summed E-state index contributed by atoms with van der Waals surface area (Å²) in [7, 11) is 1.77. The van der Waals surface area contributed by atoms with Crippen molar-refractivity contribution in [3.05, 3.63) is 24.5 Å². The predicted molar refractivity (Wildman–Crippen MR) is 129 cm³/mol. The predicted octanol–water partition coefficient (Wildman–Crippen LogP) is 2.68. The Morgan fingerprint density at radius 2 is 1.88 bits per heavy atom. The van der Waals surface area contributed by atoms with E-state index >= 15 is 0 Å². The lowest BCUT2D eigenvalue weighted by Gasteiger charge is -2.31. The lowest BCUT2D eigenvalue weighted by molar-refractivity contribution is 0.0816. The van der Waals surface area contributed by atoms with Gasteiger partial charge in [-0.15, -0.1) is 0 Å². The van der Waals surface area contributed by atoms with E-state index in [1.807, 2.05) is 16.8 Å². The van der Waals surface area contributed by atoms with Crippen LogP contribution in [0, 0.1) is 5.92 Å². The summed E-state index contributed by atoms with van der Waals surface area (Å²) in [5, 5.41) is 8.79. The maximum absolute atomic E-state index is 6.18. The van der Waals surface area contributed by atoms with Gasteiger partial charge in [-0.2, -0.15) is 10.1 Å². The van der Waals surface area contributed by atoms with Gasteiger partial charge >= 0.3 is 0 Å². The first-order valence-electron chi connectivity index (χ1n) is 11.8. The minimum absolute atomic E-state index is 0.320. The molecule has 0 unspecified atom stereocenters. The second kappa shape index (κ2) is 9.48. The summed E-state index contributed by atoms with van der Waals surface area (Å²) in [5.74, 6) is 3.22. The average molecular weight is 452 g/mol. The number of pyridine rings is 1. The molecule has 0 bridgehead atoms. The van der Waals surface area contributed by atoms with Gasteiger partial charge in [0.2, 0.25) is 5.95 Å². The van der Waals surface area contributed by atoms with Crippen molar-refractivity contribution >= 4 is 34.3 Å². The van der Waals surface area contributed by atoms with Crippen LogP contribution in [0.5, 0.6) is 0 Å². The van der Waals surface area contributed by atoms with Gasteiger partial charge in [0.05, 0.1) is 17.0 Å². The normalized spacial score (nSPS) is 22.1. The Morgan fingerprint density at radius 1 is 1.09 bits per heavy atom. The number of methoxy groups -OCH3 is 1. The maximum Gasteiger partial charge on any atom is 0.227 e. The summed E-state index contributed by atoms with van der Waals surface area (Å²) >= 11 is 0. The van der Waals surface area contributed by atoms with E-state index in [0.717, 1.165) is 75.0 Å². The number of hydrogen-bond donors (Lipinski definition) is 3. The van der Waals surface area contributed by atoms with Crippen LogP contribution < -0.4 is 21.7 Å². The van der Waals surface area contributed by atoms with Crippen LogP contribution >= 0.6 is 0 Å². The Morgan fingerprint density at radius 3 is 2.64 bits per heavy atom. The number of anilines is 4. The molecule has 3 aromatic heterocycles. The molecule has 0 radical (unpaired) electrons. The largest absolute Gasteiger partial charge is 0.382 e. The van der Waals surface area contributed by atoms with Crippen LogP contribution in [0.15, 0.2) is 24.5 Å². The van der Waals surface area contributed by atoms with Crippen molar-refractivity contribution in [2.45, 2.75) is 57.2 Å². The molecular formula is C23H33N9O. The molecule has 2 aliphatic rings. The molecule has 176 valence electrons. The quantitative estimate of drug-likeness (QED) is 0.517. The van der Waals surface area contributed by atoms with Gasteiger partial charge in [-0.25, -0.2) is 9.97 Å². The highest BCUT2D eigenvalue weighted by Crippen LogP contribution is 2.29. The second-order valence-electron chi connectivity index (χ2n) is 9.22. The van der Waals surface area contributed by atoms with E-state index in [1.54, 1.807) is 19.5 Å². The molecule has 1 saturated heterocycles. The first-order chi connectivity index (χ1) is 16.1. The average Bonchev–Trinajstić information content (AvgIpc) is 3.15. The maximum atomic E-state index is 6.18. The molecule has 1 saturated carbocycles. The number of nitrogen functional groups attached to an aromatic ring is 1. The Hall–Kier alpha value is -2.98. The van der Waals surface area contributed by atoms with Crippen LogP contribution in [0.1, 0.15) is 38.5 Å². The van der Waals surface area contributed by atoms with E-state index in [-0.39, 0.29) is 0 Å². The molecule has 0 amide bonds. The molecule has 0 atom stereocenters. The van der Waals surface area contributed by atoms with Crippen molar-refractivity contribution in [3.8, 4) is 0 Å². The van der Waals surface area contributed by atoms with Crippen LogP contribution in [-0.2, 0) is 11.3 Å².